The Bertz CT molecular complexity index is 392. The van der Waals surface area contributed by atoms with Crippen LogP contribution in [0.1, 0.15) is 44.7 Å². The fourth-order valence-electron chi connectivity index (χ4n) is 3.02. The molecule has 0 aromatic heterocycles. The predicted octanol–water partition coefficient (Wildman–Crippen LogP) is 3.09. The first-order valence-corrected chi connectivity index (χ1v) is 6.87. The van der Waals surface area contributed by atoms with Gasteiger partial charge in [0.25, 0.3) is 0 Å². The van der Waals surface area contributed by atoms with Crippen LogP contribution in [0.4, 0.5) is 4.39 Å². The third-order valence-corrected chi connectivity index (χ3v) is 4.05. The van der Waals surface area contributed by atoms with Crippen molar-refractivity contribution in [2.45, 2.75) is 51.2 Å². The van der Waals surface area contributed by atoms with Gasteiger partial charge >= 0.3 is 0 Å². The smallest absolute Gasteiger partial charge is 0.127 e. The Morgan fingerprint density at radius 2 is 2.00 bits per heavy atom. The summed E-state index contributed by atoms with van der Waals surface area (Å²) in [5.41, 5.74) is 6.86. The van der Waals surface area contributed by atoms with Crippen molar-refractivity contribution < 1.29 is 4.39 Å². The number of nitrogens with zero attached hydrogens (tertiary/aromatic N) is 1. The van der Waals surface area contributed by atoms with E-state index in [1.807, 2.05) is 12.1 Å². The van der Waals surface area contributed by atoms with Gasteiger partial charge in [0.1, 0.15) is 5.82 Å². The predicted molar refractivity (Wildman–Crippen MR) is 72.8 cm³/mol. The first-order chi connectivity index (χ1) is 8.61. The molecular formula is C15H23FN2. The summed E-state index contributed by atoms with van der Waals surface area (Å²) in [6.45, 7) is 5.15. The fraction of sp³-hybridized carbons (Fsp3) is 0.600. The third-order valence-electron chi connectivity index (χ3n) is 4.05. The SMILES string of the molecule is CC(N)C1CCCCN1C(C)c1ccccc1F. The Labute approximate surface area is 109 Å². The maximum Gasteiger partial charge on any atom is 0.127 e. The van der Waals surface area contributed by atoms with E-state index in [-0.39, 0.29) is 17.9 Å². The van der Waals surface area contributed by atoms with Crippen LogP contribution in [-0.4, -0.2) is 23.5 Å². The monoisotopic (exact) mass is 250 g/mol. The molecule has 1 aliphatic rings. The molecule has 0 radical (unpaired) electrons. The van der Waals surface area contributed by atoms with E-state index in [9.17, 15) is 4.39 Å². The van der Waals surface area contributed by atoms with E-state index in [4.69, 9.17) is 5.73 Å². The highest BCUT2D eigenvalue weighted by Crippen LogP contribution is 2.30. The van der Waals surface area contributed by atoms with Gasteiger partial charge < -0.3 is 5.73 Å². The van der Waals surface area contributed by atoms with Crippen molar-refractivity contribution in [3.8, 4) is 0 Å². The topological polar surface area (TPSA) is 29.3 Å². The molecule has 0 spiro atoms. The molecule has 0 aliphatic carbocycles. The highest BCUT2D eigenvalue weighted by molar-refractivity contribution is 5.21. The molecule has 2 N–H and O–H groups in total. The zero-order valence-corrected chi connectivity index (χ0v) is 11.3. The summed E-state index contributed by atoms with van der Waals surface area (Å²) in [5, 5.41) is 0. The second kappa shape index (κ2) is 5.81. The van der Waals surface area contributed by atoms with E-state index < -0.39 is 0 Å². The average molecular weight is 250 g/mol. The first kappa shape index (κ1) is 13.5. The summed E-state index contributed by atoms with van der Waals surface area (Å²) in [6, 6.07) is 7.67. The number of nitrogens with two attached hydrogens (primary N) is 1. The summed E-state index contributed by atoms with van der Waals surface area (Å²) in [4.78, 5) is 2.37. The molecule has 18 heavy (non-hydrogen) atoms. The second-order valence-corrected chi connectivity index (χ2v) is 5.36. The number of benzene rings is 1. The second-order valence-electron chi connectivity index (χ2n) is 5.36. The Morgan fingerprint density at radius 3 is 2.67 bits per heavy atom. The molecule has 1 fully saturated rings. The van der Waals surface area contributed by atoms with Crippen LogP contribution in [0.3, 0.4) is 0 Å². The molecular weight excluding hydrogens is 227 g/mol. The normalized spacial score (nSPS) is 24.8. The van der Waals surface area contributed by atoms with Crippen molar-refractivity contribution in [2.24, 2.45) is 5.73 Å². The number of halogens is 1. The quantitative estimate of drug-likeness (QED) is 0.893. The first-order valence-electron chi connectivity index (χ1n) is 6.87. The molecule has 2 rings (SSSR count). The molecule has 100 valence electrons. The number of rotatable bonds is 3. The summed E-state index contributed by atoms with van der Waals surface area (Å²) in [5.74, 6) is -0.112. The van der Waals surface area contributed by atoms with Gasteiger partial charge in [0, 0.05) is 23.7 Å². The molecule has 3 unspecified atom stereocenters. The van der Waals surface area contributed by atoms with E-state index in [0.717, 1.165) is 18.5 Å². The van der Waals surface area contributed by atoms with E-state index >= 15 is 0 Å². The highest BCUT2D eigenvalue weighted by atomic mass is 19.1. The average Bonchev–Trinajstić information content (AvgIpc) is 2.38. The van der Waals surface area contributed by atoms with E-state index in [2.05, 4.69) is 18.7 Å². The molecule has 3 atom stereocenters. The van der Waals surface area contributed by atoms with Gasteiger partial charge in [-0.25, -0.2) is 4.39 Å². The summed E-state index contributed by atoms with van der Waals surface area (Å²) in [7, 11) is 0. The zero-order valence-electron chi connectivity index (χ0n) is 11.3. The maximum absolute atomic E-state index is 13.9. The largest absolute Gasteiger partial charge is 0.327 e. The third kappa shape index (κ3) is 2.73. The van der Waals surface area contributed by atoms with Crippen LogP contribution in [0.25, 0.3) is 0 Å². The molecule has 1 aromatic carbocycles. The van der Waals surface area contributed by atoms with E-state index in [1.165, 1.54) is 18.9 Å². The van der Waals surface area contributed by atoms with Gasteiger partial charge in [-0.05, 0) is 39.3 Å². The van der Waals surface area contributed by atoms with Crippen LogP contribution < -0.4 is 5.73 Å². The molecule has 1 saturated heterocycles. The molecule has 0 saturated carbocycles. The highest BCUT2D eigenvalue weighted by Gasteiger charge is 2.30. The van der Waals surface area contributed by atoms with Crippen LogP contribution in [0.15, 0.2) is 24.3 Å². The number of hydrogen-bond donors (Lipinski definition) is 1. The molecule has 3 heteroatoms. The van der Waals surface area contributed by atoms with Gasteiger partial charge in [0.05, 0.1) is 0 Å². The van der Waals surface area contributed by atoms with Crippen LogP contribution >= 0.6 is 0 Å². The standard InChI is InChI=1S/C15H23FN2/c1-11(17)15-9-5-6-10-18(15)12(2)13-7-3-4-8-14(13)16/h3-4,7-8,11-12,15H,5-6,9-10,17H2,1-2H3. The van der Waals surface area contributed by atoms with Gasteiger partial charge in [-0.3, -0.25) is 4.90 Å². The number of hydrogen-bond acceptors (Lipinski definition) is 2. The van der Waals surface area contributed by atoms with Crippen LogP contribution in [0.5, 0.6) is 0 Å². The Morgan fingerprint density at radius 1 is 1.28 bits per heavy atom. The number of likely N-dealkylation sites (tertiary alicyclic amines) is 1. The minimum absolute atomic E-state index is 0.0995. The summed E-state index contributed by atoms with van der Waals surface area (Å²) < 4.78 is 13.9. The van der Waals surface area contributed by atoms with Crippen molar-refractivity contribution in [1.29, 1.82) is 0 Å². The lowest BCUT2D eigenvalue weighted by Crippen LogP contribution is -2.50. The maximum atomic E-state index is 13.9. The van der Waals surface area contributed by atoms with Crippen molar-refractivity contribution in [3.05, 3.63) is 35.6 Å². The van der Waals surface area contributed by atoms with Gasteiger partial charge in [0.15, 0.2) is 0 Å². The Balaban J connectivity index is 2.21. The Hall–Kier alpha value is -0.930. The lowest BCUT2D eigenvalue weighted by molar-refractivity contribution is 0.0873. The van der Waals surface area contributed by atoms with Crippen molar-refractivity contribution in [2.75, 3.05) is 6.54 Å². The Kier molecular flexibility index (Phi) is 4.36. The fourth-order valence-corrected chi connectivity index (χ4v) is 3.02. The molecule has 0 amide bonds. The van der Waals surface area contributed by atoms with Crippen molar-refractivity contribution in [1.82, 2.24) is 4.90 Å². The molecule has 1 aliphatic heterocycles. The molecule has 1 heterocycles. The summed E-state index contributed by atoms with van der Waals surface area (Å²) in [6.07, 6.45) is 3.53. The molecule has 0 bridgehead atoms. The van der Waals surface area contributed by atoms with E-state index in [0.29, 0.717) is 6.04 Å². The molecule has 1 aromatic rings. The minimum atomic E-state index is -0.112. The van der Waals surface area contributed by atoms with Crippen LogP contribution in [0.2, 0.25) is 0 Å². The zero-order chi connectivity index (χ0) is 13.1. The molecule has 2 nitrogen and oxygen atoms in total. The lowest BCUT2D eigenvalue weighted by atomic mass is 9.93. The van der Waals surface area contributed by atoms with Gasteiger partial charge in [0.2, 0.25) is 0 Å². The van der Waals surface area contributed by atoms with Gasteiger partial charge in [-0.15, -0.1) is 0 Å². The van der Waals surface area contributed by atoms with Gasteiger partial charge in [-0.1, -0.05) is 24.6 Å². The summed E-state index contributed by atoms with van der Waals surface area (Å²) >= 11 is 0. The van der Waals surface area contributed by atoms with Crippen LogP contribution in [-0.2, 0) is 0 Å². The van der Waals surface area contributed by atoms with Gasteiger partial charge in [-0.2, -0.15) is 0 Å². The lowest BCUT2D eigenvalue weighted by Gasteiger charge is -2.42. The van der Waals surface area contributed by atoms with Crippen molar-refractivity contribution >= 4 is 0 Å². The van der Waals surface area contributed by atoms with Crippen molar-refractivity contribution in [3.63, 3.8) is 0 Å². The van der Waals surface area contributed by atoms with Crippen LogP contribution in [0, 0.1) is 5.82 Å². The number of piperidine rings is 1. The van der Waals surface area contributed by atoms with E-state index in [1.54, 1.807) is 6.07 Å². The minimum Gasteiger partial charge on any atom is -0.327 e.